The van der Waals surface area contributed by atoms with E-state index in [9.17, 15) is 9.18 Å². The van der Waals surface area contributed by atoms with Crippen LogP contribution in [-0.2, 0) is 0 Å². The van der Waals surface area contributed by atoms with Gasteiger partial charge in [-0.1, -0.05) is 0 Å². The van der Waals surface area contributed by atoms with E-state index in [1.54, 1.807) is 6.07 Å². The van der Waals surface area contributed by atoms with Crippen molar-refractivity contribution < 1.29 is 9.18 Å². The van der Waals surface area contributed by atoms with E-state index < -0.39 is 5.82 Å². The number of nitrogens with zero attached hydrogens (tertiary/aromatic N) is 2. The first-order chi connectivity index (χ1) is 9.49. The van der Waals surface area contributed by atoms with Crippen LogP contribution >= 0.6 is 0 Å². The number of carbonyl (C=O) groups excluding carboxylic acids is 1. The highest BCUT2D eigenvalue weighted by atomic mass is 19.1. The van der Waals surface area contributed by atoms with Crippen LogP contribution in [0.25, 0.3) is 10.8 Å². The van der Waals surface area contributed by atoms with E-state index in [4.69, 9.17) is 5.73 Å². The Morgan fingerprint density at radius 3 is 2.85 bits per heavy atom. The number of halogens is 1. The van der Waals surface area contributed by atoms with Gasteiger partial charge in [0.25, 0.3) is 5.91 Å². The Morgan fingerprint density at radius 2 is 2.15 bits per heavy atom. The highest BCUT2D eigenvalue weighted by molar-refractivity contribution is 6.07. The van der Waals surface area contributed by atoms with E-state index in [-0.39, 0.29) is 11.6 Å². The molecule has 5 nitrogen and oxygen atoms in total. The molecule has 2 rings (SSSR count). The number of aromatic nitrogens is 1. The predicted molar refractivity (Wildman–Crippen MR) is 77.0 cm³/mol. The summed E-state index contributed by atoms with van der Waals surface area (Å²) in [5.41, 5.74) is 6.24. The molecule has 0 aliphatic heterocycles. The van der Waals surface area contributed by atoms with Gasteiger partial charge < -0.3 is 16.0 Å². The summed E-state index contributed by atoms with van der Waals surface area (Å²) < 4.78 is 13.5. The fourth-order valence-electron chi connectivity index (χ4n) is 1.93. The summed E-state index contributed by atoms with van der Waals surface area (Å²) in [6, 6.07) is 4.18. The molecule has 20 heavy (non-hydrogen) atoms. The second-order valence-electron chi connectivity index (χ2n) is 4.81. The van der Waals surface area contributed by atoms with Crippen LogP contribution in [0.15, 0.2) is 24.4 Å². The average molecular weight is 276 g/mol. The number of amides is 1. The zero-order valence-corrected chi connectivity index (χ0v) is 11.5. The van der Waals surface area contributed by atoms with E-state index >= 15 is 0 Å². The number of hydrogen-bond acceptors (Lipinski definition) is 4. The van der Waals surface area contributed by atoms with Crippen molar-refractivity contribution >= 4 is 22.4 Å². The number of benzene rings is 1. The van der Waals surface area contributed by atoms with Gasteiger partial charge in [0, 0.05) is 35.7 Å². The van der Waals surface area contributed by atoms with Crippen molar-refractivity contribution in [2.24, 2.45) is 0 Å². The lowest BCUT2D eigenvalue weighted by atomic mass is 10.1. The Labute approximate surface area is 116 Å². The van der Waals surface area contributed by atoms with E-state index in [0.717, 1.165) is 0 Å². The third-order valence-electron chi connectivity index (χ3n) is 2.94. The zero-order chi connectivity index (χ0) is 14.7. The second-order valence-corrected chi connectivity index (χ2v) is 4.81. The summed E-state index contributed by atoms with van der Waals surface area (Å²) in [5.74, 6) is -0.812. The fraction of sp³-hybridized carbons (Fsp3) is 0.286. The highest BCUT2D eigenvalue weighted by Crippen LogP contribution is 2.24. The SMILES string of the molecule is CN(C)CCNC(=O)c1nccc2c(N)cc(F)cc12. The molecule has 106 valence electrons. The van der Waals surface area contributed by atoms with Crippen LogP contribution in [-0.4, -0.2) is 43.0 Å². The molecule has 0 atom stereocenters. The van der Waals surface area contributed by atoms with Crippen LogP contribution in [0.4, 0.5) is 10.1 Å². The van der Waals surface area contributed by atoms with Crippen molar-refractivity contribution in [2.45, 2.75) is 0 Å². The summed E-state index contributed by atoms with van der Waals surface area (Å²) in [5, 5.41) is 3.80. The molecule has 6 heteroatoms. The number of fused-ring (bicyclic) bond motifs is 1. The van der Waals surface area contributed by atoms with Gasteiger partial charge in [-0.15, -0.1) is 0 Å². The molecule has 0 saturated carbocycles. The largest absolute Gasteiger partial charge is 0.398 e. The first-order valence-corrected chi connectivity index (χ1v) is 6.25. The third-order valence-corrected chi connectivity index (χ3v) is 2.94. The molecule has 2 aromatic rings. The Balaban J connectivity index is 2.32. The van der Waals surface area contributed by atoms with Crippen LogP contribution in [0, 0.1) is 5.82 Å². The van der Waals surface area contributed by atoms with Crippen LogP contribution in [0.2, 0.25) is 0 Å². The molecule has 0 saturated heterocycles. The molecule has 0 aliphatic carbocycles. The van der Waals surface area contributed by atoms with Gasteiger partial charge in [-0.05, 0) is 32.3 Å². The number of likely N-dealkylation sites (N-methyl/N-ethyl adjacent to an activating group) is 1. The fourth-order valence-corrected chi connectivity index (χ4v) is 1.93. The Hall–Kier alpha value is -2.21. The van der Waals surface area contributed by atoms with Crippen LogP contribution in [0.3, 0.4) is 0 Å². The summed E-state index contributed by atoms with van der Waals surface area (Å²) in [7, 11) is 3.83. The van der Waals surface area contributed by atoms with Crippen LogP contribution in [0.5, 0.6) is 0 Å². The second kappa shape index (κ2) is 5.83. The van der Waals surface area contributed by atoms with Gasteiger partial charge in [-0.3, -0.25) is 9.78 Å². The maximum Gasteiger partial charge on any atom is 0.270 e. The van der Waals surface area contributed by atoms with Crippen molar-refractivity contribution in [3.8, 4) is 0 Å². The zero-order valence-electron chi connectivity index (χ0n) is 11.5. The van der Waals surface area contributed by atoms with Crippen molar-refractivity contribution in [1.82, 2.24) is 15.2 Å². The summed E-state index contributed by atoms with van der Waals surface area (Å²) in [4.78, 5) is 18.1. The summed E-state index contributed by atoms with van der Waals surface area (Å²) in [6.07, 6.45) is 1.50. The monoisotopic (exact) mass is 276 g/mol. The van der Waals surface area contributed by atoms with Crippen LogP contribution in [0.1, 0.15) is 10.5 Å². The quantitative estimate of drug-likeness (QED) is 0.824. The van der Waals surface area contributed by atoms with Crippen molar-refractivity contribution in [3.63, 3.8) is 0 Å². The molecule has 0 radical (unpaired) electrons. The summed E-state index contributed by atoms with van der Waals surface area (Å²) >= 11 is 0. The maximum absolute atomic E-state index is 13.5. The first-order valence-electron chi connectivity index (χ1n) is 6.25. The molecular formula is C14H17FN4O. The number of nitrogen functional groups attached to an aromatic ring is 1. The van der Waals surface area contributed by atoms with E-state index in [2.05, 4.69) is 10.3 Å². The predicted octanol–water partition coefficient (Wildman–Crippen LogP) is 1.25. The molecule has 0 spiro atoms. The molecular weight excluding hydrogens is 259 g/mol. The molecule has 1 aromatic carbocycles. The minimum atomic E-state index is -0.481. The molecule has 1 amide bonds. The number of nitrogens with two attached hydrogens (primary N) is 1. The highest BCUT2D eigenvalue weighted by Gasteiger charge is 2.13. The van der Waals surface area contributed by atoms with Gasteiger partial charge in [0.15, 0.2) is 0 Å². The standard InChI is InChI=1S/C14H17FN4O/c1-19(2)6-5-18-14(20)13-11-7-9(15)8-12(16)10(11)3-4-17-13/h3-4,7-8H,5-6,16H2,1-2H3,(H,18,20). The Morgan fingerprint density at radius 1 is 1.40 bits per heavy atom. The minimum Gasteiger partial charge on any atom is -0.398 e. The molecule has 3 N–H and O–H groups in total. The third kappa shape index (κ3) is 3.03. The number of rotatable bonds is 4. The number of pyridine rings is 1. The molecule has 0 fully saturated rings. The molecule has 1 aromatic heterocycles. The number of carbonyl (C=O) groups is 1. The van der Waals surface area contributed by atoms with Gasteiger partial charge in [0.2, 0.25) is 0 Å². The Kier molecular flexibility index (Phi) is 4.14. The van der Waals surface area contributed by atoms with Gasteiger partial charge in [0.05, 0.1) is 0 Å². The van der Waals surface area contributed by atoms with Crippen molar-refractivity contribution in [3.05, 3.63) is 35.9 Å². The molecule has 0 aliphatic rings. The van der Waals surface area contributed by atoms with Crippen LogP contribution < -0.4 is 11.1 Å². The normalized spacial score (nSPS) is 11.0. The topological polar surface area (TPSA) is 71.2 Å². The Bertz CT molecular complexity index is 642. The van der Waals surface area contributed by atoms with Gasteiger partial charge >= 0.3 is 0 Å². The molecule has 1 heterocycles. The van der Waals surface area contributed by atoms with E-state index in [1.165, 1.54) is 18.3 Å². The summed E-state index contributed by atoms with van der Waals surface area (Å²) in [6.45, 7) is 1.21. The van der Waals surface area contributed by atoms with Gasteiger partial charge in [-0.25, -0.2) is 4.39 Å². The lowest BCUT2D eigenvalue weighted by Crippen LogP contribution is -2.31. The number of hydrogen-bond donors (Lipinski definition) is 2. The van der Waals surface area contributed by atoms with E-state index in [1.807, 2.05) is 19.0 Å². The number of nitrogens with one attached hydrogen (secondary N) is 1. The lowest BCUT2D eigenvalue weighted by molar-refractivity contribution is 0.0948. The first kappa shape index (κ1) is 14.2. The minimum absolute atomic E-state index is 0.187. The van der Waals surface area contributed by atoms with Gasteiger partial charge in [-0.2, -0.15) is 0 Å². The smallest absolute Gasteiger partial charge is 0.270 e. The number of anilines is 1. The molecule has 0 bridgehead atoms. The average Bonchev–Trinajstić information content (AvgIpc) is 2.37. The van der Waals surface area contributed by atoms with Crippen molar-refractivity contribution in [2.75, 3.05) is 32.9 Å². The lowest BCUT2D eigenvalue weighted by Gasteiger charge is -2.11. The van der Waals surface area contributed by atoms with Gasteiger partial charge in [0.1, 0.15) is 11.5 Å². The molecule has 0 unspecified atom stereocenters. The van der Waals surface area contributed by atoms with E-state index in [0.29, 0.717) is 29.5 Å². The maximum atomic E-state index is 13.5. The van der Waals surface area contributed by atoms with Crippen molar-refractivity contribution in [1.29, 1.82) is 0 Å².